The van der Waals surface area contributed by atoms with Gasteiger partial charge < -0.3 is 0 Å². The molecule has 0 amide bonds. The molecule has 0 aliphatic rings. The van der Waals surface area contributed by atoms with Crippen LogP contribution in [0.15, 0.2) is 84.0 Å². The average Bonchev–Trinajstić information content (AvgIpc) is 2.61. The van der Waals surface area contributed by atoms with Crippen molar-refractivity contribution in [3.05, 3.63) is 84.0 Å². The topological polar surface area (TPSA) is 6.25 Å². The van der Waals surface area contributed by atoms with Gasteiger partial charge in [-0.25, -0.2) is 4.58 Å². The molecule has 3 aromatic rings. The molecular weight excluding hydrogens is 316 g/mol. The SMILES string of the molecule is C[N+](C)=C/C=C(\Cl)N(c1ccccc1)c1cccc2ccccc12. The van der Waals surface area contributed by atoms with Gasteiger partial charge in [-0.3, -0.25) is 4.90 Å². The van der Waals surface area contributed by atoms with Crippen molar-refractivity contribution in [2.75, 3.05) is 19.0 Å². The van der Waals surface area contributed by atoms with Crippen LogP contribution in [0.25, 0.3) is 10.8 Å². The van der Waals surface area contributed by atoms with E-state index in [2.05, 4.69) is 59.5 Å². The molecule has 0 radical (unpaired) electrons. The van der Waals surface area contributed by atoms with Gasteiger partial charge in [0.2, 0.25) is 0 Å². The van der Waals surface area contributed by atoms with Gasteiger partial charge in [-0.05, 0) is 23.6 Å². The normalized spacial score (nSPS) is 11.4. The number of allylic oxidation sites excluding steroid dienone is 1. The van der Waals surface area contributed by atoms with Crippen molar-refractivity contribution in [1.82, 2.24) is 0 Å². The van der Waals surface area contributed by atoms with E-state index in [1.807, 2.05) is 49.2 Å². The van der Waals surface area contributed by atoms with Gasteiger partial charge in [0, 0.05) is 17.1 Å². The van der Waals surface area contributed by atoms with E-state index in [4.69, 9.17) is 11.6 Å². The van der Waals surface area contributed by atoms with Crippen LogP contribution in [0, 0.1) is 0 Å². The highest BCUT2D eigenvalue weighted by Crippen LogP contribution is 2.36. The maximum Gasteiger partial charge on any atom is 0.165 e. The first-order valence-corrected chi connectivity index (χ1v) is 8.24. The maximum atomic E-state index is 6.69. The minimum Gasteiger partial charge on any atom is -0.300 e. The van der Waals surface area contributed by atoms with Crippen molar-refractivity contribution in [1.29, 1.82) is 0 Å². The Hall–Kier alpha value is -2.58. The Bertz CT molecular complexity index is 889. The standard InChI is InChI=1S/C21H20ClN2/c1-23(2)16-15-21(22)24(18-11-4-3-5-12-18)20-14-8-10-17-9-6-7-13-19(17)20/h3-16H,1-2H3/q+1. The quantitative estimate of drug-likeness (QED) is 0.351. The predicted octanol–water partition coefficient (Wildman–Crippen LogP) is 5.40. The van der Waals surface area contributed by atoms with Gasteiger partial charge in [-0.1, -0.05) is 66.2 Å². The molecule has 120 valence electrons. The first kappa shape index (κ1) is 16.3. The lowest BCUT2D eigenvalue weighted by molar-refractivity contribution is -0.458. The molecule has 0 N–H and O–H groups in total. The Morgan fingerprint density at radius 2 is 1.54 bits per heavy atom. The van der Waals surface area contributed by atoms with Crippen LogP contribution < -0.4 is 4.90 Å². The molecule has 0 aliphatic carbocycles. The first-order valence-electron chi connectivity index (χ1n) is 7.87. The molecule has 2 nitrogen and oxygen atoms in total. The van der Waals surface area contributed by atoms with Crippen LogP contribution >= 0.6 is 11.6 Å². The Labute approximate surface area is 147 Å². The summed E-state index contributed by atoms with van der Waals surface area (Å²) in [5.74, 6) is 0. The number of benzene rings is 3. The molecule has 0 saturated carbocycles. The highest BCUT2D eigenvalue weighted by Gasteiger charge is 2.15. The summed E-state index contributed by atoms with van der Waals surface area (Å²) in [7, 11) is 3.96. The molecule has 0 atom stereocenters. The zero-order valence-corrected chi connectivity index (χ0v) is 14.6. The van der Waals surface area contributed by atoms with Gasteiger partial charge >= 0.3 is 0 Å². The fourth-order valence-corrected chi connectivity index (χ4v) is 2.89. The minimum atomic E-state index is 0.645. The molecule has 3 aromatic carbocycles. The van der Waals surface area contributed by atoms with Crippen molar-refractivity contribution < 1.29 is 4.58 Å². The number of nitrogens with zero attached hydrogens (tertiary/aromatic N) is 2. The second kappa shape index (κ2) is 7.33. The van der Waals surface area contributed by atoms with Crippen LogP contribution in [0.5, 0.6) is 0 Å². The van der Waals surface area contributed by atoms with E-state index in [0.717, 1.165) is 11.4 Å². The van der Waals surface area contributed by atoms with E-state index >= 15 is 0 Å². The van der Waals surface area contributed by atoms with Crippen molar-refractivity contribution >= 4 is 40.0 Å². The van der Waals surface area contributed by atoms with E-state index in [1.54, 1.807) is 0 Å². The Morgan fingerprint density at radius 1 is 0.875 bits per heavy atom. The van der Waals surface area contributed by atoms with Crippen LogP contribution in [0.2, 0.25) is 0 Å². The van der Waals surface area contributed by atoms with E-state index in [9.17, 15) is 0 Å². The third-order valence-electron chi connectivity index (χ3n) is 3.75. The summed E-state index contributed by atoms with van der Waals surface area (Å²) in [5.41, 5.74) is 2.09. The number of halogens is 1. The summed E-state index contributed by atoms with van der Waals surface area (Å²) >= 11 is 6.69. The van der Waals surface area contributed by atoms with Crippen LogP contribution in [0.1, 0.15) is 0 Å². The number of para-hydroxylation sites is 1. The number of anilines is 2. The summed E-state index contributed by atoms with van der Waals surface area (Å²) in [6, 6.07) is 24.8. The molecule has 0 saturated heterocycles. The van der Waals surface area contributed by atoms with Gasteiger partial charge in [0.1, 0.15) is 19.3 Å². The molecule has 0 aliphatic heterocycles. The summed E-state index contributed by atoms with van der Waals surface area (Å²) in [5, 5.41) is 3.00. The van der Waals surface area contributed by atoms with Crippen molar-refractivity contribution in [3.63, 3.8) is 0 Å². The summed E-state index contributed by atoms with van der Waals surface area (Å²) < 4.78 is 1.97. The monoisotopic (exact) mass is 335 g/mol. The lowest BCUT2D eigenvalue weighted by atomic mass is 10.1. The van der Waals surface area contributed by atoms with Gasteiger partial charge in [0.05, 0.1) is 5.69 Å². The number of hydrogen-bond donors (Lipinski definition) is 0. The fraction of sp³-hybridized carbons (Fsp3) is 0.0952. The Kier molecular flexibility index (Phi) is 4.97. The predicted molar refractivity (Wildman–Crippen MR) is 105 cm³/mol. The molecule has 3 rings (SSSR count). The maximum absolute atomic E-state index is 6.69. The fourth-order valence-electron chi connectivity index (χ4n) is 2.64. The number of rotatable bonds is 4. The highest BCUT2D eigenvalue weighted by molar-refractivity contribution is 6.33. The number of fused-ring (bicyclic) bond motifs is 1. The second-order valence-electron chi connectivity index (χ2n) is 5.77. The Balaban J connectivity index is 2.21. The second-order valence-corrected chi connectivity index (χ2v) is 6.16. The largest absolute Gasteiger partial charge is 0.300 e. The van der Waals surface area contributed by atoms with Crippen LogP contribution in [-0.4, -0.2) is 24.9 Å². The first-order chi connectivity index (χ1) is 11.7. The van der Waals surface area contributed by atoms with Crippen LogP contribution in [0.4, 0.5) is 11.4 Å². The summed E-state index contributed by atoms with van der Waals surface area (Å²) in [6.45, 7) is 0. The van der Waals surface area contributed by atoms with Gasteiger partial charge in [-0.2, -0.15) is 0 Å². The van der Waals surface area contributed by atoms with E-state index in [1.165, 1.54) is 10.8 Å². The Morgan fingerprint density at radius 3 is 2.29 bits per heavy atom. The summed E-state index contributed by atoms with van der Waals surface area (Å²) in [4.78, 5) is 2.07. The molecule has 0 unspecified atom stereocenters. The lowest BCUT2D eigenvalue weighted by Gasteiger charge is -2.25. The van der Waals surface area contributed by atoms with Gasteiger partial charge in [0.25, 0.3) is 0 Å². The number of hydrogen-bond acceptors (Lipinski definition) is 1. The zero-order valence-electron chi connectivity index (χ0n) is 13.9. The van der Waals surface area contributed by atoms with E-state index in [0.29, 0.717) is 5.16 Å². The van der Waals surface area contributed by atoms with Crippen molar-refractivity contribution in [2.45, 2.75) is 0 Å². The van der Waals surface area contributed by atoms with Crippen LogP contribution in [-0.2, 0) is 0 Å². The van der Waals surface area contributed by atoms with E-state index in [-0.39, 0.29) is 0 Å². The highest BCUT2D eigenvalue weighted by atomic mass is 35.5. The molecule has 0 heterocycles. The molecular formula is C21H20ClN2+. The zero-order chi connectivity index (χ0) is 16.9. The molecule has 0 spiro atoms. The molecule has 0 bridgehead atoms. The van der Waals surface area contributed by atoms with Gasteiger partial charge in [0.15, 0.2) is 6.21 Å². The third kappa shape index (κ3) is 3.50. The van der Waals surface area contributed by atoms with Crippen LogP contribution in [0.3, 0.4) is 0 Å². The van der Waals surface area contributed by atoms with E-state index < -0.39 is 0 Å². The molecule has 3 heteroatoms. The lowest BCUT2D eigenvalue weighted by Crippen LogP contribution is -2.14. The average molecular weight is 336 g/mol. The smallest absolute Gasteiger partial charge is 0.165 e. The molecule has 0 fully saturated rings. The molecule has 24 heavy (non-hydrogen) atoms. The third-order valence-corrected chi connectivity index (χ3v) is 4.04. The summed E-state index contributed by atoms with van der Waals surface area (Å²) in [6.07, 6.45) is 3.86. The van der Waals surface area contributed by atoms with Crippen molar-refractivity contribution in [3.8, 4) is 0 Å². The molecule has 0 aromatic heterocycles. The van der Waals surface area contributed by atoms with Crippen molar-refractivity contribution in [2.24, 2.45) is 0 Å². The van der Waals surface area contributed by atoms with Gasteiger partial charge in [-0.15, -0.1) is 0 Å². The minimum absolute atomic E-state index is 0.645.